The Bertz CT molecular complexity index is 957. The fraction of sp³-hybridized carbons (Fsp3) is 0.263. The summed E-state index contributed by atoms with van der Waals surface area (Å²) in [5.74, 6) is 0.461. The molecule has 1 atom stereocenters. The number of aromatic nitrogens is 4. The number of amides is 1. The lowest BCUT2D eigenvalue weighted by Crippen LogP contribution is -2.23. The standard InChI is InChI=1S/C19H21N5O2S/c1-12-8-7-10-16(13(12)2)24-19(21-22-23-24)27-14(3)18(25)20-15-9-5-6-11-17(15)26-4/h5-11,14H,1-4H3,(H,20,25)/t14-/m0/s1. The highest BCUT2D eigenvalue weighted by atomic mass is 32.2. The molecule has 8 heteroatoms. The number of para-hydroxylation sites is 2. The summed E-state index contributed by atoms with van der Waals surface area (Å²) in [7, 11) is 1.57. The van der Waals surface area contributed by atoms with E-state index in [0.29, 0.717) is 16.6 Å². The first-order chi connectivity index (χ1) is 13.0. The van der Waals surface area contributed by atoms with Crippen molar-refractivity contribution in [3.05, 3.63) is 53.6 Å². The van der Waals surface area contributed by atoms with Gasteiger partial charge in [0.15, 0.2) is 0 Å². The first-order valence-electron chi connectivity index (χ1n) is 8.46. The Morgan fingerprint density at radius 3 is 2.74 bits per heavy atom. The van der Waals surface area contributed by atoms with E-state index in [0.717, 1.165) is 16.8 Å². The largest absolute Gasteiger partial charge is 0.495 e. The molecule has 0 bridgehead atoms. The van der Waals surface area contributed by atoms with Crippen molar-refractivity contribution in [3.63, 3.8) is 0 Å². The predicted molar refractivity (Wildman–Crippen MR) is 106 cm³/mol. The van der Waals surface area contributed by atoms with E-state index in [2.05, 4.69) is 20.8 Å². The maximum absolute atomic E-state index is 12.6. The Morgan fingerprint density at radius 1 is 1.19 bits per heavy atom. The van der Waals surface area contributed by atoms with Crippen molar-refractivity contribution in [3.8, 4) is 11.4 Å². The maximum atomic E-state index is 12.6. The summed E-state index contributed by atoms with van der Waals surface area (Å²) >= 11 is 1.30. The number of carbonyl (C=O) groups excluding carboxylic acids is 1. The average molecular weight is 383 g/mol. The smallest absolute Gasteiger partial charge is 0.237 e. The molecule has 1 heterocycles. The van der Waals surface area contributed by atoms with Gasteiger partial charge in [-0.3, -0.25) is 4.79 Å². The van der Waals surface area contributed by atoms with Gasteiger partial charge in [0.2, 0.25) is 11.1 Å². The normalized spacial score (nSPS) is 11.9. The van der Waals surface area contributed by atoms with Crippen LogP contribution in [0.1, 0.15) is 18.1 Å². The molecular weight excluding hydrogens is 362 g/mol. The van der Waals surface area contributed by atoms with E-state index in [9.17, 15) is 4.79 Å². The van der Waals surface area contributed by atoms with Gasteiger partial charge < -0.3 is 10.1 Å². The second-order valence-electron chi connectivity index (χ2n) is 6.04. The van der Waals surface area contributed by atoms with E-state index in [1.807, 2.05) is 51.1 Å². The van der Waals surface area contributed by atoms with E-state index in [-0.39, 0.29) is 5.91 Å². The van der Waals surface area contributed by atoms with Gasteiger partial charge in [0.05, 0.1) is 23.7 Å². The molecule has 2 aromatic carbocycles. The van der Waals surface area contributed by atoms with Gasteiger partial charge in [-0.25, -0.2) is 0 Å². The summed E-state index contributed by atoms with van der Waals surface area (Å²) in [5, 5.41) is 15.0. The molecule has 1 aromatic heterocycles. The van der Waals surface area contributed by atoms with Crippen LogP contribution in [0.4, 0.5) is 5.69 Å². The Balaban J connectivity index is 1.77. The number of nitrogens with zero attached hydrogens (tertiary/aromatic N) is 4. The van der Waals surface area contributed by atoms with Crippen molar-refractivity contribution in [2.75, 3.05) is 12.4 Å². The molecule has 1 amide bonds. The molecule has 0 unspecified atom stereocenters. The van der Waals surface area contributed by atoms with Crippen LogP contribution in [0.2, 0.25) is 0 Å². The second kappa shape index (κ2) is 8.22. The van der Waals surface area contributed by atoms with E-state index in [1.165, 1.54) is 11.8 Å². The second-order valence-corrected chi connectivity index (χ2v) is 7.35. The molecule has 0 fully saturated rings. The SMILES string of the molecule is COc1ccccc1NC(=O)[C@H](C)Sc1nnnn1-c1cccc(C)c1C. The van der Waals surface area contributed by atoms with Gasteiger partial charge in [-0.15, -0.1) is 5.10 Å². The summed E-state index contributed by atoms with van der Waals surface area (Å²) in [6.07, 6.45) is 0. The van der Waals surface area contributed by atoms with E-state index in [4.69, 9.17) is 4.74 Å². The van der Waals surface area contributed by atoms with Crippen LogP contribution >= 0.6 is 11.8 Å². The minimum atomic E-state index is -0.398. The van der Waals surface area contributed by atoms with Crippen LogP contribution in [-0.4, -0.2) is 38.5 Å². The Morgan fingerprint density at radius 2 is 1.96 bits per heavy atom. The lowest BCUT2D eigenvalue weighted by molar-refractivity contribution is -0.115. The van der Waals surface area contributed by atoms with Crippen LogP contribution < -0.4 is 10.1 Å². The van der Waals surface area contributed by atoms with Crippen molar-refractivity contribution in [1.82, 2.24) is 20.2 Å². The third-order valence-electron chi connectivity index (χ3n) is 4.26. The molecule has 7 nitrogen and oxygen atoms in total. The number of carbonyl (C=O) groups is 1. The average Bonchev–Trinajstić information content (AvgIpc) is 3.12. The first-order valence-corrected chi connectivity index (χ1v) is 9.34. The molecule has 140 valence electrons. The number of ether oxygens (including phenoxy) is 1. The number of aryl methyl sites for hydroxylation is 1. The lowest BCUT2D eigenvalue weighted by Gasteiger charge is -2.14. The number of methoxy groups -OCH3 is 1. The van der Waals surface area contributed by atoms with E-state index in [1.54, 1.807) is 23.9 Å². The van der Waals surface area contributed by atoms with Crippen molar-refractivity contribution in [1.29, 1.82) is 0 Å². The highest BCUT2D eigenvalue weighted by Gasteiger charge is 2.21. The zero-order valence-corrected chi connectivity index (χ0v) is 16.4. The van der Waals surface area contributed by atoms with Gasteiger partial charge >= 0.3 is 0 Å². The fourth-order valence-electron chi connectivity index (χ4n) is 2.56. The number of anilines is 1. The number of rotatable bonds is 6. The van der Waals surface area contributed by atoms with Crippen molar-refractivity contribution < 1.29 is 9.53 Å². The number of nitrogens with one attached hydrogen (secondary N) is 1. The minimum absolute atomic E-state index is 0.153. The number of hydrogen-bond donors (Lipinski definition) is 1. The monoisotopic (exact) mass is 383 g/mol. The van der Waals surface area contributed by atoms with Crippen LogP contribution in [0.5, 0.6) is 5.75 Å². The van der Waals surface area contributed by atoms with Crippen LogP contribution in [0.15, 0.2) is 47.6 Å². The van der Waals surface area contributed by atoms with Gasteiger partial charge in [0.25, 0.3) is 0 Å². The molecule has 0 aliphatic heterocycles. The molecule has 0 radical (unpaired) electrons. The molecule has 0 spiro atoms. The summed E-state index contributed by atoms with van der Waals surface area (Å²) in [4.78, 5) is 12.6. The molecule has 3 rings (SSSR count). The van der Waals surface area contributed by atoms with Crippen LogP contribution in [0.3, 0.4) is 0 Å². The molecule has 1 N–H and O–H groups in total. The van der Waals surface area contributed by atoms with Gasteiger partial charge in [0, 0.05) is 0 Å². The Kier molecular flexibility index (Phi) is 5.75. The Labute approximate surface area is 162 Å². The summed E-state index contributed by atoms with van der Waals surface area (Å²) in [6.45, 7) is 5.88. The molecule has 0 saturated carbocycles. The number of tetrazole rings is 1. The molecular formula is C19H21N5O2S. The Hall–Kier alpha value is -2.87. The van der Waals surface area contributed by atoms with Gasteiger partial charge in [-0.1, -0.05) is 36.0 Å². The summed E-state index contributed by atoms with van der Waals surface area (Å²) in [6, 6.07) is 13.3. The minimum Gasteiger partial charge on any atom is -0.495 e. The summed E-state index contributed by atoms with van der Waals surface area (Å²) in [5.41, 5.74) is 3.78. The van der Waals surface area contributed by atoms with Gasteiger partial charge in [0.1, 0.15) is 5.75 Å². The van der Waals surface area contributed by atoms with E-state index < -0.39 is 5.25 Å². The van der Waals surface area contributed by atoms with Gasteiger partial charge in [-0.05, 0) is 60.5 Å². The van der Waals surface area contributed by atoms with Gasteiger partial charge in [-0.2, -0.15) is 4.68 Å². The third kappa shape index (κ3) is 4.11. The fourth-order valence-corrected chi connectivity index (χ4v) is 3.36. The van der Waals surface area contributed by atoms with Crippen molar-refractivity contribution in [2.24, 2.45) is 0 Å². The quantitative estimate of drug-likeness (QED) is 0.657. The number of benzene rings is 2. The summed E-state index contributed by atoms with van der Waals surface area (Å²) < 4.78 is 6.94. The molecule has 3 aromatic rings. The number of hydrogen-bond acceptors (Lipinski definition) is 6. The van der Waals surface area contributed by atoms with Crippen LogP contribution in [-0.2, 0) is 4.79 Å². The topological polar surface area (TPSA) is 81.9 Å². The van der Waals surface area contributed by atoms with Crippen molar-refractivity contribution >= 4 is 23.4 Å². The van der Waals surface area contributed by atoms with Crippen LogP contribution in [0, 0.1) is 13.8 Å². The lowest BCUT2D eigenvalue weighted by atomic mass is 10.1. The third-order valence-corrected chi connectivity index (χ3v) is 5.29. The predicted octanol–water partition coefficient (Wildman–Crippen LogP) is 3.41. The molecule has 27 heavy (non-hydrogen) atoms. The molecule has 0 saturated heterocycles. The molecule has 0 aliphatic rings. The highest BCUT2D eigenvalue weighted by Crippen LogP contribution is 2.28. The maximum Gasteiger partial charge on any atom is 0.237 e. The zero-order valence-electron chi connectivity index (χ0n) is 15.6. The molecule has 0 aliphatic carbocycles. The van der Waals surface area contributed by atoms with Crippen molar-refractivity contribution in [2.45, 2.75) is 31.2 Å². The van der Waals surface area contributed by atoms with Crippen LogP contribution in [0.25, 0.3) is 5.69 Å². The van der Waals surface area contributed by atoms with E-state index >= 15 is 0 Å². The zero-order chi connectivity index (χ0) is 19.4. The first kappa shape index (κ1) is 18.9. The number of thioether (sulfide) groups is 1. The highest BCUT2D eigenvalue weighted by molar-refractivity contribution is 8.00.